The highest BCUT2D eigenvalue weighted by Gasteiger charge is 2.35. The molecule has 0 bridgehead atoms. The lowest BCUT2D eigenvalue weighted by Gasteiger charge is -2.29. The Bertz CT molecular complexity index is 1060. The maximum absolute atomic E-state index is 12.9. The highest BCUT2D eigenvalue weighted by Crippen LogP contribution is 2.36. The number of carbonyl (C=O) groups is 1. The van der Waals surface area contributed by atoms with Crippen molar-refractivity contribution < 1.29 is 19.0 Å². The molecule has 8 heteroatoms. The lowest BCUT2D eigenvalue weighted by Crippen LogP contribution is -2.31. The lowest BCUT2D eigenvalue weighted by atomic mass is 9.95. The minimum atomic E-state index is -0.494. The molecule has 8 nitrogen and oxygen atoms in total. The number of nitrogens with one attached hydrogen (secondary N) is 1. The molecule has 4 rings (SSSR count). The molecule has 1 aromatic heterocycles. The molecule has 160 valence electrons. The van der Waals surface area contributed by atoms with E-state index >= 15 is 0 Å². The third-order valence-corrected chi connectivity index (χ3v) is 4.91. The van der Waals surface area contributed by atoms with Gasteiger partial charge in [-0.05, 0) is 30.2 Å². The summed E-state index contributed by atoms with van der Waals surface area (Å²) in [6.07, 6.45) is 1.45. The van der Waals surface area contributed by atoms with E-state index in [1.54, 1.807) is 18.7 Å². The summed E-state index contributed by atoms with van der Waals surface area (Å²) in [6.45, 7) is 2.74. The molecule has 31 heavy (non-hydrogen) atoms. The Balaban J connectivity index is 1.64. The van der Waals surface area contributed by atoms with Crippen LogP contribution in [0.3, 0.4) is 0 Å². The number of hydrogen-bond donors (Lipinski definition) is 1. The van der Waals surface area contributed by atoms with Crippen molar-refractivity contribution in [2.75, 3.05) is 25.6 Å². The minimum Gasteiger partial charge on any atom is -0.489 e. The Kier molecular flexibility index (Phi) is 6.28. The van der Waals surface area contributed by atoms with Crippen molar-refractivity contribution in [1.82, 2.24) is 14.8 Å². The number of rotatable bonds is 8. The van der Waals surface area contributed by atoms with E-state index in [2.05, 4.69) is 15.4 Å². The Labute approximate surface area is 180 Å². The number of methoxy groups -OCH3 is 1. The molecular weight excluding hydrogens is 396 g/mol. The smallest absolute Gasteiger partial charge is 0.338 e. The van der Waals surface area contributed by atoms with Gasteiger partial charge >= 0.3 is 5.97 Å². The molecule has 0 spiro atoms. The Hall–Kier alpha value is -3.65. The Morgan fingerprint density at radius 1 is 1.10 bits per heavy atom. The van der Waals surface area contributed by atoms with Crippen LogP contribution in [0.1, 0.15) is 24.1 Å². The summed E-state index contributed by atoms with van der Waals surface area (Å²) in [7, 11) is 1.57. The van der Waals surface area contributed by atoms with Crippen LogP contribution in [0.15, 0.2) is 72.2 Å². The second kappa shape index (κ2) is 9.44. The van der Waals surface area contributed by atoms with Crippen LogP contribution in [0.2, 0.25) is 0 Å². The van der Waals surface area contributed by atoms with Gasteiger partial charge in [0.15, 0.2) is 0 Å². The van der Waals surface area contributed by atoms with Gasteiger partial charge in [0.05, 0.1) is 24.5 Å². The zero-order valence-electron chi connectivity index (χ0n) is 17.4. The van der Waals surface area contributed by atoms with Gasteiger partial charge in [-0.1, -0.05) is 42.5 Å². The maximum atomic E-state index is 12.9. The number of anilines is 1. The summed E-state index contributed by atoms with van der Waals surface area (Å²) in [6, 6.07) is 17.1. The fourth-order valence-corrected chi connectivity index (χ4v) is 3.52. The second-order valence-corrected chi connectivity index (χ2v) is 6.94. The second-order valence-electron chi connectivity index (χ2n) is 6.94. The molecule has 1 aliphatic rings. The van der Waals surface area contributed by atoms with Crippen LogP contribution in [-0.4, -0.2) is 41.1 Å². The number of fused-ring (bicyclic) bond motifs is 1. The monoisotopic (exact) mass is 420 g/mol. The van der Waals surface area contributed by atoms with E-state index in [0.29, 0.717) is 23.8 Å². The van der Waals surface area contributed by atoms with E-state index in [1.807, 2.05) is 54.6 Å². The molecule has 0 radical (unpaired) electrons. The normalized spacial score (nSPS) is 15.2. The highest BCUT2D eigenvalue weighted by atomic mass is 16.5. The topological polar surface area (TPSA) is 87.5 Å². The molecular formula is C23H24N4O4. The number of carbonyl (C=O) groups excluding carboxylic acids is 1. The highest BCUT2D eigenvalue weighted by molar-refractivity contribution is 5.92. The summed E-state index contributed by atoms with van der Waals surface area (Å²) >= 11 is 0. The van der Waals surface area contributed by atoms with Crippen molar-refractivity contribution in [3.05, 3.63) is 83.3 Å². The fourth-order valence-electron chi connectivity index (χ4n) is 3.52. The molecule has 1 aliphatic heterocycles. The Morgan fingerprint density at radius 2 is 1.87 bits per heavy atom. The number of benzene rings is 2. The SMILES string of the molecule is CCOC(=O)C1=C(COC)Nc2ncnn2C1c1ccc(OCc2ccccc2)cc1. The summed E-state index contributed by atoms with van der Waals surface area (Å²) in [5.74, 6) is 0.853. The number of esters is 1. The summed E-state index contributed by atoms with van der Waals surface area (Å²) in [5.41, 5.74) is 3.00. The standard InChI is InChI=1S/C23H24N4O4/c1-3-30-22(28)20-19(14-29-2)26-23-24-15-25-27(23)21(20)17-9-11-18(12-10-17)31-13-16-7-5-4-6-8-16/h4-12,15,21H,3,13-14H2,1-2H3,(H,24,25,26). The fraction of sp³-hybridized carbons (Fsp3) is 0.261. The van der Waals surface area contributed by atoms with Crippen LogP contribution in [0.4, 0.5) is 5.95 Å². The summed E-state index contributed by atoms with van der Waals surface area (Å²) in [5, 5.41) is 7.46. The first kappa shape index (κ1) is 20.6. The molecule has 0 fully saturated rings. The van der Waals surface area contributed by atoms with Crippen molar-refractivity contribution in [3.63, 3.8) is 0 Å². The summed E-state index contributed by atoms with van der Waals surface area (Å²) < 4.78 is 18.2. The van der Waals surface area contributed by atoms with Gasteiger partial charge in [-0.25, -0.2) is 9.48 Å². The van der Waals surface area contributed by atoms with Crippen molar-refractivity contribution >= 4 is 11.9 Å². The van der Waals surface area contributed by atoms with Crippen LogP contribution in [0.5, 0.6) is 5.75 Å². The van der Waals surface area contributed by atoms with Gasteiger partial charge in [0, 0.05) is 7.11 Å². The van der Waals surface area contributed by atoms with Crippen LogP contribution in [0, 0.1) is 0 Å². The first-order valence-electron chi connectivity index (χ1n) is 10.0. The molecule has 0 saturated carbocycles. The molecule has 1 N–H and O–H groups in total. The first-order chi connectivity index (χ1) is 15.2. The average molecular weight is 420 g/mol. The minimum absolute atomic E-state index is 0.218. The zero-order chi connectivity index (χ0) is 21.6. The molecule has 0 saturated heterocycles. The van der Waals surface area contributed by atoms with E-state index < -0.39 is 12.0 Å². The third-order valence-electron chi connectivity index (χ3n) is 4.91. The number of hydrogen-bond acceptors (Lipinski definition) is 7. The van der Waals surface area contributed by atoms with Gasteiger partial charge < -0.3 is 19.5 Å². The van der Waals surface area contributed by atoms with Gasteiger partial charge in [0.1, 0.15) is 24.7 Å². The average Bonchev–Trinajstić information content (AvgIpc) is 3.26. The van der Waals surface area contributed by atoms with Gasteiger partial charge in [-0.2, -0.15) is 10.1 Å². The largest absolute Gasteiger partial charge is 0.489 e. The van der Waals surface area contributed by atoms with Crippen LogP contribution >= 0.6 is 0 Å². The number of nitrogens with zero attached hydrogens (tertiary/aromatic N) is 3. The number of ether oxygens (including phenoxy) is 3. The van der Waals surface area contributed by atoms with Gasteiger partial charge in [0.2, 0.25) is 5.95 Å². The third kappa shape index (κ3) is 4.44. The van der Waals surface area contributed by atoms with Gasteiger partial charge in [-0.15, -0.1) is 0 Å². The van der Waals surface area contributed by atoms with Gasteiger partial charge in [0.25, 0.3) is 0 Å². The molecule has 3 aromatic rings. The van der Waals surface area contributed by atoms with E-state index in [0.717, 1.165) is 16.9 Å². The number of aromatic nitrogens is 3. The van der Waals surface area contributed by atoms with E-state index in [1.165, 1.54) is 6.33 Å². The van der Waals surface area contributed by atoms with Crippen LogP contribution < -0.4 is 10.1 Å². The predicted octanol–water partition coefficient (Wildman–Crippen LogP) is 3.34. The van der Waals surface area contributed by atoms with E-state index in [9.17, 15) is 4.79 Å². The van der Waals surface area contributed by atoms with Crippen LogP contribution in [0.25, 0.3) is 0 Å². The molecule has 0 aliphatic carbocycles. The molecule has 1 atom stereocenters. The predicted molar refractivity (Wildman–Crippen MR) is 115 cm³/mol. The van der Waals surface area contributed by atoms with Gasteiger partial charge in [-0.3, -0.25) is 0 Å². The first-order valence-corrected chi connectivity index (χ1v) is 10.0. The molecule has 2 heterocycles. The lowest BCUT2D eigenvalue weighted by molar-refractivity contribution is -0.139. The van der Waals surface area contributed by atoms with Crippen molar-refractivity contribution in [2.45, 2.75) is 19.6 Å². The van der Waals surface area contributed by atoms with Crippen molar-refractivity contribution in [1.29, 1.82) is 0 Å². The Morgan fingerprint density at radius 3 is 2.58 bits per heavy atom. The zero-order valence-corrected chi connectivity index (χ0v) is 17.4. The maximum Gasteiger partial charge on any atom is 0.338 e. The van der Waals surface area contributed by atoms with Crippen LogP contribution in [-0.2, 0) is 20.9 Å². The van der Waals surface area contributed by atoms with E-state index in [4.69, 9.17) is 14.2 Å². The van der Waals surface area contributed by atoms with Crippen molar-refractivity contribution in [3.8, 4) is 5.75 Å². The molecule has 0 amide bonds. The molecule has 1 unspecified atom stereocenters. The van der Waals surface area contributed by atoms with Crippen molar-refractivity contribution in [2.24, 2.45) is 0 Å². The van der Waals surface area contributed by atoms with E-state index in [-0.39, 0.29) is 13.2 Å². The summed E-state index contributed by atoms with van der Waals surface area (Å²) in [4.78, 5) is 17.1. The molecule has 2 aromatic carbocycles. The quantitative estimate of drug-likeness (QED) is 0.559.